The molecule has 9 N–H and O–H groups in total. The van der Waals surface area contributed by atoms with Crippen molar-refractivity contribution < 1.29 is 43.9 Å². The van der Waals surface area contributed by atoms with Crippen molar-refractivity contribution >= 4 is 41.7 Å². The van der Waals surface area contributed by atoms with Crippen molar-refractivity contribution in [3.63, 3.8) is 0 Å². The predicted molar refractivity (Wildman–Crippen MR) is 177 cm³/mol. The Balaban J connectivity index is 2.34. The molecule has 3 aromatic carbocycles. The Labute approximate surface area is 269 Å². The molecule has 15 heteroatoms. The van der Waals surface area contributed by atoms with Gasteiger partial charge in [0.05, 0.1) is 39.9 Å². The maximum atomic E-state index is 11.8. The van der Waals surface area contributed by atoms with E-state index < -0.39 is 12.1 Å². The van der Waals surface area contributed by atoms with Crippen LogP contribution >= 0.6 is 0 Å². The van der Waals surface area contributed by atoms with Crippen LogP contribution in [-0.2, 0) is 0 Å². The number of rotatable bonds is 13. The highest BCUT2D eigenvalue weighted by Crippen LogP contribution is 2.38. The summed E-state index contributed by atoms with van der Waals surface area (Å²) in [5.74, 6) is 0.178. The monoisotopic (exact) mass is 646 g/mol. The summed E-state index contributed by atoms with van der Waals surface area (Å²) in [6.45, 7) is 0. The fraction of sp³-hybridized carbons (Fsp3) is 0.125. The number of hydrazone groups is 2. The van der Waals surface area contributed by atoms with Crippen molar-refractivity contribution in [1.29, 1.82) is 0 Å². The molecule has 3 aromatic rings. The number of hydrogen-bond acceptors (Lipinski definition) is 11. The number of urea groups is 2. The number of ether oxygens (including phenoxy) is 4. The SMILES string of the molecule is COc1cc(/C=C/C(=N\NC(N)=O)C(=Cc2cc(OC)c(O)c(OC)c2)C(/C=C/c2ccc(O)c(OC)c2)=N/NC(N)=O)ccc1O. The second-order valence-corrected chi connectivity index (χ2v) is 9.31. The molecule has 246 valence electrons. The van der Waals surface area contributed by atoms with Crippen molar-refractivity contribution in [2.24, 2.45) is 21.7 Å². The molecular weight excluding hydrogens is 612 g/mol. The first-order chi connectivity index (χ1) is 22.5. The van der Waals surface area contributed by atoms with Crippen molar-refractivity contribution in [1.82, 2.24) is 10.9 Å². The summed E-state index contributed by atoms with van der Waals surface area (Å²) < 4.78 is 21.0. The third kappa shape index (κ3) is 9.67. The van der Waals surface area contributed by atoms with Gasteiger partial charge in [0.25, 0.3) is 0 Å². The fourth-order valence-electron chi connectivity index (χ4n) is 3.99. The Morgan fingerprint density at radius 3 is 1.38 bits per heavy atom. The molecule has 47 heavy (non-hydrogen) atoms. The van der Waals surface area contributed by atoms with Crippen LogP contribution in [0.1, 0.15) is 16.7 Å². The topological polar surface area (TPSA) is 233 Å². The number of primary amides is 2. The number of hydrogen-bond donors (Lipinski definition) is 7. The van der Waals surface area contributed by atoms with E-state index in [9.17, 15) is 24.9 Å². The van der Waals surface area contributed by atoms with Gasteiger partial charge < -0.3 is 45.7 Å². The number of carbonyl (C=O) groups excluding carboxylic acids is 2. The second-order valence-electron chi connectivity index (χ2n) is 9.31. The smallest absolute Gasteiger partial charge is 0.332 e. The maximum Gasteiger partial charge on any atom is 0.332 e. The number of nitrogens with one attached hydrogen (secondary N) is 2. The minimum Gasteiger partial charge on any atom is -0.504 e. The third-order valence-electron chi connectivity index (χ3n) is 6.21. The number of amides is 4. The highest BCUT2D eigenvalue weighted by Gasteiger charge is 2.16. The Kier molecular flexibility index (Phi) is 12.2. The normalized spacial score (nSPS) is 11.7. The van der Waals surface area contributed by atoms with E-state index in [0.717, 1.165) is 0 Å². The van der Waals surface area contributed by atoms with Gasteiger partial charge in [-0.15, -0.1) is 0 Å². The van der Waals surface area contributed by atoms with E-state index in [-0.39, 0.29) is 57.2 Å². The number of phenolic OH excluding ortho intramolecular Hbond substituents is 3. The van der Waals surface area contributed by atoms with Gasteiger partial charge >= 0.3 is 12.1 Å². The molecule has 0 saturated heterocycles. The number of benzene rings is 3. The molecule has 0 atom stereocenters. The van der Waals surface area contributed by atoms with Gasteiger partial charge in [-0.05, 0) is 71.3 Å². The molecule has 0 aliphatic carbocycles. The number of carbonyl (C=O) groups is 2. The number of aromatic hydroxyl groups is 3. The summed E-state index contributed by atoms with van der Waals surface area (Å²) in [7, 11) is 5.52. The number of nitrogens with two attached hydrogens (primary N) is 2. The lowest BCUT2D eigenvalue weighted by atomic mass is 9.98. The Morgan fingerprint density at radius 1 is 0.638 bits per heavy atom. The first-order valence-electron chi connectivity index (χ1n) is 13.5. The standard InChI is InChI=1S/C32H34N6O9/c1-44-26-14-18(7-11-24(26)39)5-9-22(35-37-31(33)42)21(13-20-16-28(46-3)30(41)29(17-20)47-4)23(36-38-32(34)43)10-6-19-8-12-25(40)27(15-19)45-2/h5-17,39-41H,1-4H3,(H3,33,37,42)(H3,34,38,43)/b9-5+,10-6+,35-22+,36-23+. The van der Waals surface area contributed by atoms with E-state index in [0.29, 0.717) is 16.7 Å². The average Bonchev–Trinajstić information content (AvgIpc) is 3.05. The van der Waals surface area contributed by atoms with E-state index in [1.165, 1.54) is 64.9 Å². The quantitative estimate of drug-likeness (QED) is 0.106. The summed E-state index contributed by atoms with van der Waals surface area (Å²) in [5, 5.41) is 38.9. The van der Waals surface area contributed by atoms with Crippen molar-refractivity contribution in [3.05, 3.63) is 82.9 Å². The van der Waals surface area contributed by atoms with Crippen LogP contribution in [0.2, 0.25) is 0 Å². The van der Waals surface area contributed by atoms with Gasteiger partial charge in [0.2, 0.25) is 5.75 Å². The van der Waals surface area contributed by atoms with E-state index in [4.69, 9.17) is 30.4 Å². The van der Waals surface area contributed by atoms with Crippen LogP contribution in [-0.4, -0.2) is 67.2 Å². The zero-order chi connectivity index (χ0) is 34.5. The molecule has 0 radical (unpaired) electrons. The van der Waals surface area contributed by atoms with Gasteiger partial charge in [-0.1, -0.05) is 24.3 Å². The van der Waals surface area contributed by atoms with Crippen molar-refractivity contribution in [2.45, 2.75) is 0 Å². The van der Waals surface area contributed by atoms with Crippen LogP contribution in [0.4, 0.5) is 9.59 Å². The molecule has 0 bridgehead atoms. The summed E-state index contributed by atoms with van der Waals surface area (Å²) in [5.41, 5.74) is 16.9. The van der Waals surface area contributed by atoms with E-state index in [2.05, 4.69) is 21.1 Å². The molecule has 0 unspecified atom stereocenters. The minimum atomic E-state index is -0.977. The van der Waals surface area contributed by atoms with Gasteiger partial charge in [0.1, 0.15) is 0 Å². The predicted octanol–water partition coefficient (Wildman–Crippen LogP) is 3.70. The molecule has 0 aliphatic heterocycles. The highest BCUT2D eigenvalue weighted by molar-refractivity contribution is 6.35. The number of phenols is 3. The molecule has 0 fully saturated rings. The van der Waals surface area contributed by atoms with Crippen LogP contribution < -0.4 is 41.3 Å². The van der Waals surface area contributed by atoms with E-state index >= 15 is 0 Å². The van der Waals surface area contributed by atoms with Crippen LogP contribution in [0.25, 0.3) is 18.2 Å². The van der Waals surface area contributed by atoms with E-state index in [1.54, 1.807) is 42.5 Å². The first-order valence-corrected chi connectivity index (χ1v) is 13.5. The Bertz CT molecular complexity index is 1660. The number of methoxy groups -OCH3 is 4. The van der Waals surface area contributed by atoms with Crippen LogP contribution in [0.15, 0.2) is 76.5 Å². The van der Waals surface area contributed by atoms with E-state index in [1.807, 2.05) is 0 Å². The zero-order valence-electron chi connectivity index (χ0n) is 25.8. The van der Waals surface area contributed by atoms with Crippen LogP contribution in [0.3, 0.4) is 0 Å². The minimum absolute atomic E-state index is 0.0554. The first kappa shape index (κ1) is 34.8. The summed E-state index contributed by atoms with van der Waals surface area (Å²) in [4.78, 5) is 23.5. The van der Waals surface area contributed by atoms with Gasteiger partial charge in [0.15, 0.2) is 34.5 Å². The molecule has 0 spiro atoms. The maximum absolute atomic E-state index is 11.8. The molecule has 0 aromatic heterocycles. The van der Waals surface area contributed by atoms with Gasteiger partial charge in [-0.2, -0.15) is 10.2 Å². The van der Waals surface area contributed by atoms with Crippen LogP contribution in [0.5, 0.6) is 40.2 Å². The summed E-state index contributed by atoms with van der Waals surface area (Å²) in [6, 6.07) is 10.2. The molecule has 0 heterocycles. The largest absolute Gasteiger partial charge is 0.504 e. The van der Waals surface area contributed by atoms with Gasteiger partial charge in [-0.3, -0.25) is 0 Å². The number of allylic oxidation sites excluding steroid dienone is 3. The fourth-order valence-corrected chi connectivity index (χ4v) is 3.99. The molecule has 4 amide bonds. The zero-order valence-corrected chi connectivity index (χ0v) is 25.8. The Hall–Kier alpha value is -6.64. The van der Waals surface area contributed by atoms with Crippen LogP contribution in [0, 0.1) is 0 Å². The average molecular weight is 647 g/mol. The summed E-state index contributed by atoms with van der Waals surface area (Å²) >= 11 is 0. The highest BCUT2D eigenvalue weighted by atomic mass is 16.5. The van der Waals surface area contributed by atoms with Gasteiger partial charge in [-0.25, -0.2) is 20.4 Å². The van der Waals surface area contributed by atoms with Gasteiger partial charge in [0, 0.05) is 5.57 Å². The molecule has 3 rings (SSSR count). The lowest BCUT2D eigenvalue weighted by Crippen LogP contribution is -2.28. The molecule has 15 nitrogen and oxygen atoms in total. The van der Waals surface area contributed by atoms with Crippen molar-refractivity contribution in [3.8, 4) is 40.2 Å². The molecule has 0 saturated carbocycles. The lowest BCUT2D eigenvalue weighted by Gasteiger charge is -2.13. The Morgan fingerprint density at radius 2 is 1.02 bits per heavy atom. The lowest BCUT2D eigenvalue weighted by molar-refractivity contribution is 0.248. The summed E-state index contributed by atoms with van der Waals surface area (Å²) in [6.07, 6.45) is 7.75. The molecule has 0 aliphatic rings. The second kappa shape index (κ2) is 16.4. The number of nitrogens with zero attached hydrogens (tertiary/aromatic N) is 2. The molecular formula is C32H34N6O9. The van der Waals surface area contributed by atoms with Crippen molar-refractivity contribution in [2.75, 3.05) is 28.4 Å². The third-order valence-corrected chi connectivity index (χ3v) is 6.21.